The van der Waals surface area contributed by atoms with Crippen molar-refractivity contribution in [3.8, 4) is 0 Å². The summed E-state index contributed by atoms with van der Waals surface area (Å²) in [6, 6.07) is 2.00. The number of rotatable bonds is 2. The first kappa shape index (κ1) is 7.91. The Hall–Kier alpha value is -1.71. The van der Waals surface area contributed by atoms with E-state index in [-0.39, 0.29) is 6.54 Å². The highest BCUT2D eigenvalue weighted by Gasteiger charge is 2.03. The molecule has 0 spiro atoms. The van der Waals surface area contributed by atoms with E-state index in [1.165, 1.54) is 0 Å². The molecule has 0 aliphatic heterocycles. The minimum atomic E-state index is 0.200. The van der Waals surface area contributed by atoms with Crippen molar-refractivity contribution in [2.45, 2.75) is 13.5 Å². The van der Waals surface area contributed by atoms with Gasteiger partial charge in [0.1, 0.15) is 12.2 Å². The van der Waals surface area contributed by atoms with Crippen molar-refractivity contribution in [1.29, 1.82) is 0 Å². The van der Waals surface area contributed by atoms with E-state index in [0.29, 0.717) is 0 Å². The van der Waals surface area contributed by atoms with Gasteiger partial charge in [-0.15, -0.1) is 0 Å². The van der Waals surface area contributed by atoms with Crippen LogP contribution in [0.25, 0.3) is 11.0 Å². The van der Waals surface area contributed by atoms with Gasteiger partial charge < -0.3 is 4.98 Å². The van der Waals surface area contributed by atoms with Gasteiger partial charge in [-0.3, -0.25) is 0 Å². The highest BCUT2D eigenvalue weighted by atomic mass is 16.3. The van der Waals surface area contributed by atoms with E-state index in [1.807, 2.05) is 13.0 Å². The summed E-state index contributed by atoms with van der Waals surface area (Å²) in [4.78, 5) is 17.3. The van der Waals surface area contributed by atoms with Gasteiger partial charge >= 0.3 is 0 Å². The lowest BCUT2D eigenvalue weighted by Gasteiger charge is -1.93. The third-order valence-corrected chi connectivity index (χ3v) is 1.99. The van der Waals surface area contributed by atoms with Crippen LogP contribution in [0.2, 0.25) is 0 Å². The van der Waals surface area contributed by atoms with Gasteiger partial charge in [-0.25, -0.2) is 4.98 Å². The number of nitrogens with one attached hydrogen (secondary N) is 1. The number of aromatic nitrogens is 2. The molecule has 1 N–H and O–H groups in total. The molecule has 0 amide bonds. The quantitative estimate of drug-likeness (QED) is 0.711. The molecule has 0 saturated carbocycles. The lowest BCUT2D eigenvalue weighted by atomic mass is 10.2. The molecule has 0 atom stereocenters. The maximum atomic E-state index is 10.1. The molecule has 66 valence electrons. The van der Waals surface area contributed by atoms with Crippen LogP contribution in [0, 0.1) is 11.8 Å². The SMILES string of the molecule is Cc1cnc2[nH]cc(CN=O)c2c1. The fraction of sp³-hybridized carbons (Fsp3) is 0.222. The third kappa shape index (κ3) is 1.30. The standard InChI is InChI=1S/C9H9N3O/c1-6-2-8-7(5-12-13)4-11-9(8)10-3-6/h2-4H,5H2,1H3,(H,10,11). The van der Waals surface area contributed by atoms with Gasteiger partial charge in [0.25, 0.3) is 0 Å². The second-order valence-corrected chi connectivity index (χ2v) is 3.01. The number of hydrogen-bond acceptors (Lipinski definition) is 3. The monoisotopic (exact) mass is 175 g/mol. The van der Waals surface area contributed by atoms with Crippen LogP contribution in [0.4, 0.5) is 0 Å². The molecule has 0 aromatic carbocycles. The highest BCUT2D eigenvalue weighted by molar-refractivity contribution is 5.80. The first-order chi connectivity index (χ1) is 6.31. The highest BCUT2D eigenvalue weighted by Crippen LogP contribution is 2.17. The van der Waals surface area contributed by atoms with Crippen LogP contribution in [0.3, 0.4) is 0 Å². The van der Waals surface area contributed by atoms with Gasteiger partial charge in [-0.05, 0) is 18.6 Å². The van der Waals surface area contributed by atoms with Gasteiger partial charge in [0.2, 0.25) is 0 Å². The molecule has 0 aliphatic carbocycles. The number of H-pyrrole nitrogens is 1. The first-order valence-electron chi connectivity index (χ1n) is 4.03. The second kappa shape index (κ2) is 2.97. The Morgan fingerprint density at radius 2 is 2.46 bits per heavy atom. The Labute approximate surface area is 75.0 Å². The smallest absolute Gasteiger partial charge is 0.137 e. The predicted molar refractivity (Wildman–Crippen MR) is 50.3 cm³/mol. The molecule has 2 heterocycles. The maximum Gasteiger partial charge on any atom is 0.137 e. The average Bonchev–Trinajstić information content (AvgIpc) is 2.49. The van der Waals surface area contributed by atoms with Gasteiger partial charge in [-0.1, -0.05) is 5.18 Å². The minimum absolute atomic E-state index is 0.200. The Bertz CT molecular complexity index is 447. The molecule has 0 saturated heterocycles. The number of aromatic amines is 1. The number of pyridine rings is 1. The lowest BCUT2D eigenvalue weighted by Crippen LogP contribution is -1.80. The zero-order chi connectivity index (χ0) is 9.26. The van der Waals surface area contributed by atoms with Crippen molar-refractivity contribution in [2.75, 3.05) is 0 Å². The Balaban J connectivity index is 2.64. The van der Waals surface area contributed by atoms with E-state index < -0.39 is 0 Å². The number of nitrogens with zero attached hydrogens (tertiary/aromatic N) is 2. The predicted octanol–water partition coefficient (Wildman–Crippen LogP) is 2.14. The Kier molecular flexibility index (Phi) is 1.81. The largest absolute Gasteiger partial charge is 0.346 e. The van der Waals surface area contributed by atoms with Crippen molar-refractivity contribution in [3.63, 3.8) is 0 Å². The molecule has 4 nitrogen and oxygen atoms in total. The Morgan fingerprint density at radius 3 is 3.23 bits per heavy atom. The van der Waals surface area contributed by atoms with Crippen LogP contribution in [-0.2, 0) is 6.54 Å². The minimum Gasteiger partial charge on any atom is -0.346 e. The Morgan fingerprint density at radius 1 is 1.62 bits per heavy atom. The topological polar surface area (TPSA) is 58.1 Å². The molecule has 2 aromatic rings. The molecular formula is C9H9N3O. The summed E-state index contributed by atoms with van der Waals surface area (Å²) in [6.07, 6.45) is 3.56. The molecule has 4 heteroatoms. The molecule has 13 heavy (non-hydrogen) atoms. The van der Waals surface area contributed by atoms with E-state index in [2.05, 4.69) is 15.1 Å². The fourth-order valence-corrected chi connectivity index (χ4v) is 1.36. The van der Waals surface area contributed by atoms with Crippen LogP contribution in [-0.4, -0.2) is 9.97 Å². The number of nitroso groups, excluding NO2 is 1. The van der Waals surface area contributed by atoms with Crippen LogP contribution in [0.5, 0.6) is 0 Å². The molecule has 0 unspecified atom stereocenters. The van der Waals surface area contributed by atoms with Gasteiger partial charge in [-0.2, -0.15) is 4.91 Å². The molecule has 0 fully saturated rings. The summed E-state index contributed by atoms with van der Waals surface area (Å²) in [5.41, 5.74) is 2.80. The summed E-state index contributed by atoms with van der Waals surface area (Å²) in [5.74, 6) is 0. The van der Waals surface area contributed by atoms with E-state index >= 15 is 0 Å². The summed E-state index contributed by atoms with van der Waals surface area (Å²) in [7, 11) is 0. The van der Waals surface area contributed by atoms with E-state index in [0.717, 1.165) is 22.2 Å². The summed E-state index contributed by atoms with van der Waals surface area (Å²) in [5, 5.41) is 3.85. The molecule has 0 bridgehead atoms. The van der Waals surface area contributed by atoms with Crippen molar-refractivity contribution in [3.05, 3.63) is 34.5 Å². The summed E-state index contributed by atoms with van der Waals surface area (Å²) >= 11 is 0. The van der Waals surface area contributed by atoms with E-state index in [1.54, 1.807) is 12.4 Å². The van der Waals surface area contributed by atoms with E-state index in [4.69, 9.17) is 0 Å². The number of fused-ring (bicyclic) bond motifs is 1. The van der Waals surface area contributed by atoms with Gasteiger partial charge in [0.05, 0.1) is 0 Å². The zero-order valence-corrected chi connectivity index (χ0v) is 7.24. The number of hydrogen-bond donors (Lipinski definition) is 1. The van der Waals surface area contributed by atoms with Crippen LogP contribution >= 0.6 is 0 Å². The zero-order valence-electron chi connectivity index (χ0n) is 7.24. The average molecular weight is 175 g/mol. The second-order valence-electron chi connectivity index (χ2n) is 3.01. The van der Waals surface area contributed by atoms with Crippen LogP contribution in [0.1, 0.15) is 11.1 Å². The maximum absolute atomic E-state index is 10.1. The molecule has 2 aromatic heterocycles. The van der Waals surface area contributed by atoms with Crippen LogP contribution in [0.15, 0.2) is 23.6 Å². The van der Waals surface area contributed by atoms with Crippen molar-refractivity contribution in [2.24, 2.45) is 5.18 Å². The normalized spacial score (nSPS) is 10.5. The number of aryl methyl sites for hydroxylation is 1. The molecule has 0 radical (unpaired) electrons. The fourth-order valence-electron chi connectivity index (χ4n) is 1.36. The molecule has 0 aliphatic rings. The molecule has 2 rings (SSSR count). The van der Waals surface area contributed by atoms with Gasteiger partial charge in [0, 0.05) is 23.3 Å². The van der Waals surface area contributed by atoms with Gasteiger partial charge in [0.15, 0.2) is 0 Å². The lowest BCUT2D eigenvalue weighted by molar-refractivity contribution is 1.07. The van der Waals surface area contributed by atoms with Crippen molar-refractivity contribution < 1.29 is 0 Å². The van der Waals surface area contributed by atoms with E-state index in [9.17, 15) is 4.91 Å². The summed E-state index contributed by atoms with van der Waals surface area (Å²) < 4.78 is 0. The van der Waals surface area contributed by atoms with Crippen molar-refractivity contribution in [1.82, 2.24) is 9.97 Å². The first-order valence-corrected chi connectivity index (χ1v) is 4.03. The van der Waals surface area contributed by atoms with Crippen LogP contribution < -0.4 is 0 Å². The summed E-state index contributed by atoms with van der Waals surface area (Å²) in [6.45, 7) is 2.17. The molecular weight excluding hydrogens is 166 g/mol. The third-order valence-electron chi connectivity index (χ3n) is 1.99. The van der Waals surface area contributed by atoms with Crippen molar-refractivity contribution >= 4 is 11.0 Å².